The van der Waals surface area contributed by atoms with Gasteiger partial charge in [0.15, 0.2) is 11.4 Å². The van der Waals surface area contributed by atoms with E-state index in [4.69, 9.17) is 6.57 Å². The van der Waals surface area contributed by atoms with Crippen LogP contribution < -0.4 is 4.72 Å². The van der Waals surface area contributed by atoms with Crippen molar-refractivity contribution >= 4 is 15.7 Å². The average molecular weight is 601 g/mol. The van der Waals surface area contributed by atoms with Crippen molar-refractivity contribution < 1.29 is 39.2 Å². The zero-order valence-corrected chi connectivity index (χ0v) is 22.2. The number of rotatable bonds is 6. The quantitative estimate of drug-likeness (QED) is 0.214. The van der Waals surface area contributed by atoms with E-state index in [0.717, 1.165) is 25.2 Å². The van der Waals surface area contributed by atoms with Crippen molar-refractivity contribution in [1.29, 1.82) is 0 Å². The Hall–Kier alpha value is -4.23. The number of halogens is 7. The largest absolute Gasteiger partial charge is 0.436 e. The van der Waals surface area contributed by atoms with E-state index < -0.39 is 56.6 Å². The molecule has 1 N–H and O–H groups in total. The number of nitrogens with zero attached hydrogens (tertiary/aromatic N) is 5. The van der Waals surface area contributed by atoms with Gasteiger partial charge in [0.2, 0.25) is 10.0 Å². The zero-order chi connectivity index (χ0) is 30.5. The number of hydrogen-bond acceptors (Lipinski definition) is 4. The Bertz CT molecular complexity index is 1800. The van der Waals surface area contributed by atoms with E-state index in [1.165, 1.54) is 22.9 Å². The summed E-state index contributed by atoms with van der Waals surface area (Å²) in [4.78, 5) is 1.80. The summed E-state index contributed by atoms with van der Waals surface area (Å²) in [6, 6.07) is 6.82. The highest BCUT2D eigenvalue weighted by Crippen LogP contribution is 2.39. The highest BCUT2D eigenvalue weighted by Gasteiger charge is 2.41. The number of alkyl halides is 6. The minimum atomic E-state index is -5.04. The van der Waals surface area contributed by atoms with E-state index in [1.54, 1.807) is 13.8 Å². The summed E-state index contributed by atoms with van der Waals surface area (Å²) in [6.07, 6.45) is -9.13. The molecule has 4 rings (SSSR count). The molecule has 0 amide bonds. The van der Waals surface area contributed by atoms with Crippen LogP contribution in [0.2, 0.25) is 0 Å². The molecule has 2 aromatic carbocycles. The SMILES string of the molecule is [C-]#[N+]c1ccc(-n2nc(C)c(-c3ccc(CNS(=O)(=O)c4cn(C)nc4C(F)(F)F)c(F)c3)c2C)cc1C(F)(F)F. The number of aromatic nitrogens is 4. The molecule has 0 aliphatic heterocycles. The molecule has 0 fully saturated rings. The lowest BCUT2D eigenvalue weighted by Gasteiger charge is -2.12. The molecule has 0 aliphatic carbocycles. The van der Waals surface area contributed by atoms with Crippen molar-refractivity contribution in [2.75, 3.05) is 0 Å². The van der Waals surface area contributed by atoms with Crippen LogP contribution in [0.25, 0.3) is 21.7 Å². The predicted octanol–water partition coefficient (Wildman–Crippen LogP) is 6.10. The van der Waals surface area contributed by atoms with Gasteiger partial charge in [0, 0.05) is 36.6 Å². The predicted molar refractivity (Wildman–Crippen MR) is 132 cm³/mol. The lowest BCUT2D eigenvalue weighted by Crippen LogP contribution is -2.26. The maximum Gasteiger partial charge on any atom is 0.436 e. The van der Waals surface area contributed by atoms with Crippen LogP contribution in [0.15, 0.2) is 47.5 Å². The maximum absolute atomic E-state index is 15.0. The number of hydrogen-bond donors (Lipinski definition) is 1. The molecule has 0 radical (unpaired) electrons. The van der Waals surface area contributed by atoms with E-state index in [9.17, 15) is 34.8 Å². The molecule has 0 aliphatic rings. The number of aryl methyl sites for hydroxylation is 2. The van der Waals surface area contributed by atoms with Gasteiger partial charge in [-0.05, 0) is 37.6 Å². The van der Waals surface area contributed by atoms with Crippen LogP contribution in [0.4, 0.5) is 36.4 Å². The van der Waals surface area contributed by atoms with Crippen LogP contribution >= 0.6 is 0 Å². The molecule has 0 unspecified atom stereocenters. The first-order valence-electron chi connectivity index (χ1n) is 11.5. The normalized spacial score (nSPS) is 12.5. The van der Waals surface area contributed by atoms with E-state index in [1.807, 2.05) is 4.72 Å². The van der Waals surface area contributed by atoms with Crippen molar-refractivity contribution in [3.8, 4) is 16.8 Å². The molecule has 41 heavy (non-hydrogen) atoms. The molecular weight excluding hydrogens is 581 g/mol. The second-order valence-corrected chi connectivity index (χ2v) is 10.6. The smallest absolute Gasteiger partial charge is 0.274 e. The minimum absolute atomic E-state index is 0.0247. The van der Waals surface area contributed by atoms with Gasteiger partial charge in [0.25, 0.3) is 0 Å². The molecule has 0 saturated carbocycles. The monoisotopic (exact) mass is 600 g/mol. The average Bonchev–Trinajstić information content (AvgIpc) is 3.42. The molecule has 0 saturated heterocycles. The molecular formula is C25H19F7N6O2S. The molecule has 0 bridgehead atoms. The Balaban J connectivity index is 1.63. The third-order valence-electron chi connectivity index (χ3n) is 6.09. The fourth-order valence-corrected chi connectivity index (χ4v) is 5.45. The van der Waals surface area contributed by atoms with Crippen LogP contribution in [0.1, 0.15) is 28.2 Å². The van der Waals surface area contributed by atoms with Crippen LogP contribution in [0.5, 0.6) is 0 Å². The minimum Gasteiger partial charge on any atom is -0.274 e. The van der Waals surface area contributed by atoms with E-state index in [0.29, 0.717) is 27.8 Å². The highest BCUT2D eigenvalue weighted by atomic mass is 32.2. The molecule has 0 atom stereocenters. The molecule has 16 heteroatoms. The first-order chi connectivity index (χ1) is 18.9. The Morgan fingerprint density at radius 1 is 1.00 bits per heavy atom. The van der Waals surface area contributed by atoms with Gasteiger partial charge >= 0.3 is 12.4 Å². The van der Waals surface area contributed by atoms with Gasteiger partial charge in [-0.1, -0.05) is 18.2 Å². The van der Waals surface area contributed by atoms with E-state index in [2.05, 4.69) is 15.0 Å². The van der Waals surface area contributed by atoms with Crippen molar-refractivity contribution in [2.24, 2.45) is 7.05 Å². The van der Waals surface area contributed by atoms with Crippen LogP contribution in [-0.2, 0) is 36.0 Å². The summed E-state index contributed by atoms with van der Waals surface area (Å²) >= 11 is 0. The van der Waals surface area contributed by atoms with Crippen LogP contribution in [0.3, 0.4) is 0 Å². The fourth-order valence-electron chi connectivity index (χ4n) is 4.25. The van der Waals surface area contributed by atoms with Gasteiger partial charge in [0.05, 0.1) is 23.5 Å². The first-order valence-corrected chi connectivity index (χ1v) is 13.0. The highest BCUT2D eigenvalue weighted by molar-refractivity contribution is 7.89. The third-order valence-corrected chi connectivity index (χ3v) is 7.49. The van der Waals surface area contributed by atoms with Crippen molar-refractivity contribution in [1.82, 2.24) is 24.3 Å². The summed E-state index contributed by atoms with van der Waals surface area (Å²) in [5, 5.41) is 7.43. The van der Waals surface area contributed by atoms with Crippen LogP contribution in [0, 0.1) is 26.2 Å². The van der Waals surface area contributed by atoms with Crippen molar-refractivity contribution in [3.63, 3.8) is 0 Å². The zero-order valence-electron chi connectivity index (χ0n) is 21.4. The lowest BCUT2D eigenvalue weighted by molar-refractivity contribution is -0.143. The summed E-state index contributed by atoms with van der Waals surface area (Å²) in [6.45, 7) is 9.43. The Morgan fingerprint density at radius 3 is 2.27 bits per heavy atom. The molecule has 2 heterocycles. The summed E-state index contributed by atoms with van der Waals surface area (Å²) < 4.78 is 124. The summed E-state index contributed by atoms with van der Waals surface area (Å²) in [5.41, 5.74) is -2.11. The maximum atomic E-state index is 15.0. The number of sulfonamides is 1. The molecule has 4 aromatic rings. The Morgan fingerprint density at radius 2 is 1.68 bits per heavy atom. The summed E-state index contributed by atoms with van der Waals surface area (Å²) in [7, 11) is -3.60. The van der Waals surface area contributed by atoms with Crippen LogP contribution in [-0.4, -0.2) is 28.0 Å². The molecule has 2 aromatic heterocycles. The topological polar surface area (TPSA) is 86.2 Å². The number of nitrogens with one attached hydrogen (secondary N) is 1. The fraction of sp³-hybridized carbons (Fsp3) is 0.240. The van der Waals surface area contributed by atoms with Gasteiger partial charge in [-0.25, -0.2) is 27.1 Å². The van der Waals surface area contributed by atoms with Gasteiger partial charge in [0.1, 0.15) is 10.7 Å². The Kier molecular flexibility index (Phi) is 7.48. The van der Waals surface area contributed by atoms with Crippen molar-refractivity contribution in [3.05, 3.63) is 88.0 Å². The Labute approximate surface area is 228 Å². The standard InChI is InChI=1S/C25H19F7N6O2S/c1-13-22(14(2)38(35-13)17-7-8-20(33-3)18(10-17)24(27,28)29)15-5-6-16(19(26)9-15)11-34-41(39,40)21-12-37(4)36-23(21)25(30,31)32/h5-10,12,34H,11H2,1-2,4H3. The van der Waals surface area contributed by atoms with Gasteiger partial charge in [-0.2, -0.15) is 36.5 Å². The van der Waals surface area contributed by atoms with Crippen molar-refractivity contribution in [2.45, 2.75) is 37.6 Å². The second-order valence-electron chi connectivity index (χ2n) is 8.91. The summed E-state index contributed by atoms with van der Waals surface area (Å²) in [5.74, 6) is -0.889. The van der Waals surface area contributed by atoms with Gasteiger partial charge in [-0.15, -0.1) is 0 Å². The molecule has 0 spiro atoms. The van der Waals surface area contributed by atoms with Gasteiger partial charge < -0.3 is 0 Å². The first kappa shape index (κ1) is 29.7. The van der Waals surface area contributed by atoms with Gasteiger partial charge in [-0.3, -0.25) is 4.68 Å². The third kappa shape index (κ3) is 5.81. The lowest BCUT2D eigenvalue weighted by atomic mass is 10.0. The van der Waals surface area contributed by atoms with E-state index >= 15 is 4.39 Å². The second kappa shape index (κ2) is 10.3. The number of benzene rings is 2. The molecule has 216 valence electrons. The van der Waals surface area contributed by atoms with E-state index in [-0.39, 0.29) is 16.8 Å². The molecule has 8 nitrogen and oxygen atoms in total.